The minimum absolute atomic E-state index is 0.374. The lowest BCUT2D eigenvalue weighted by molar-refractivity contribution is -0.137. The molecule has 0 saturated carbocycles. The summed E-state index contributed by atoms with van der Waals surface area (Å²) >= 11 is 3.39. The number of rotatable bonds is 5. The zero-order valence-corrected chi connectivity index (χ0v) is 12.5. The highest BCUT2D eigenvalue weighted by Crippen LogP contribution is 2.32. The number of aromatic nitrogens is 1. The van der Waals surface area contributed by atoms with Crippen molar-refractivity contribution < 1.29 is 18.9 Å². The Hall–Kier alpha value is -1.86. The zero-order chi connectivity index (χ0) is 14.5. The molecule has 1 aromatic carbocycles. The SMILES string of the molecule is CONC(=O)C(C)Oc1ccc(Br)cc1-c1ccon1. The smallest absolute Gasteiger partial charge is 0.284 e. The van der Waals surface area contributed by atoms with E-state index in [1.54, 1.807) is 19.1 Å². The van der Waals surface area contributed by atoms with Crippen molar-refractivity contribution >= 4 is 21.8 Å². The van der Waals surface area contributed by atoms with Gasteiger partial charge in [-0.3, -0.25) is 9.63 Å². The zero-order valence-electron chi connectivity index (χ0n) is 10.9. The Morgan fingerprint density at radius 2 is 2.25 bits per heavy atom. The normalized spacial score (nSPS) is 11.9. The Labute approximate surface area is 124 Å². The van der Waals surface area contributed by atoms with E-state index in [2.05, 4.69) is 31.4 Å². The van der Waals surface area contributed by atoms with Crippen molar-refractivity contribution in [3.05, 3.63) is 35.0 Å². The fraction of sp³-hybridized carbons (Fsp3) is 0.231. The molecule has 0 aliphatic heterocycles. The van der Waals surface area contributed by atoms with E-state index in [4.69, 9.17) is 9.26 Å². The third-order valence-electron chi connectivity index (χ3n) is 2.53. The number of halogens is 1. The van der Waals surface area contributed by atoms with Crippen LogP contribution >= 0.6 is 15.9 Å². The van der Waals surface area contributed by atoms with Gasteiger partial charge in [0, 0.05) is 16.1 Å². The van der Waals surface area contributed by atoms with Crippen LogP contribution in [0.3, 0.4) is 0 Å². The lowest BCUT2D eigenvalue weighted by atomic mass is 10.1. The summed E-state index contributed by atoms with van der Waals surface area (Å²) < 4.78 is 11.4. The third-order valence-corrected chi connectivity index (χ3v) is 3.02. The van der Waals surface area contributed by atoms with Crippen LogP contribution < -0.4 is 10.2 Å². The van der Waals surface area contributed by atoms with E-state index < -0.39 is 6.10 Å². The van der Waals surface area contributed by atoms with Crippen molar-refractivity contribution in [1.82, 2.24) is 10.6 Å². The van der Waals surface area contributed by atoms with Crippen LogP contribution in [0.4, 0.5) is 0 Å². The van der Waals surface area contributed by atoms with Crippen LogP contribution in [0.1, 0.15) is 6.92 Å². The Morgan fingerprint density at radius 1 is 1.45 bits per heavy atom. The molecule has 1 atom stereocenters. The Bertz CT molecular complexity index is 586. The summed E-state index contributed by atoms with van der Waals surface area (Å²) in [6.07, 6.45) is 0.767. The van der Waals surface area contributed by atoms with Gasteiger partial charge in [-0.05, 0) is 25.1 Å². The standard InChI is InChI=1S/C13H13BrN2O4/c1-8(13(17)16-18-2)20-12-4-3-9(14)7-10(12)11-5-6-19-15-11/h3-8H,1-2H3,(H,16,17). The number of benzene rings is 1. The predicted molar refractivity (Wildman–Crippen MR) is 74.9 cm³/mol. The molecular formula is C13H13BrN2O4. The van der Waals surface area contributed by atoms with E-state index in [0.717, 1.165) is 10.0 Å². The molecule has 0 bridgehead atoms. The van der Waals surface area contributed by atoms with Gasteiger partial charge in [-0.2, -0.15) is 0 Å². The van der Waals surface area contributed by atoms with Gasteiger partial charge in [0.2, 0.25) is 0 Å². The number of ether oxygens (including phenoxy) is 1. The summed E-state index contributed by atoms with van der Waals surface area (Å²) in [4.78, 5) is 16.2. The van der Waals surface area contributed by atoms with Crippen molar-refractivity contribution in [2.75, 3.05) is 7.11 Å². The van der Waals surface area contributed by atoms with Crippen LogP contribution in [0.15, 0.2) is 39.5 Å². The number of amides is 1. The van der Waals surface area contributed by atoms with E-state index in [-0.39, 0.29) is 5.91 Å². The molecule has 0 spiro atoms. The molecule has 0 aliphatic carbocycles. The topological polar surface area (TPSA) is 73.6 Å². The molecule has 0 saturated heterocycles. The first-order valence-electron chi connectivity index (χ1n) is 5.81. The summed E-state index contributed by atoms with van der Waals surface area (Å²) in [5.41, 5.74) is 3.58. The van der Waals surface area contributed by atoms with Gasteiger partial charge in [0.1, 0.15) is 17.7 Å². The van der Waals surface area contributed by atoms with Gasteiger partial charge in [0.15, 0.2) is 6.10 Å². The van der Waals surface area contributed by atoms with Crippen LogP contribution in [0.5, 0.6) is 5.75 Å². The Kier molecular flexibility index (Phi) is 4.75. The molecule has 0 aliphatic rings. The van der Waals surface area contributed by atoms with E-state index in [9.17, 15) is 4.79 Å². The van der Waals surface area contributed by atoms with Gasteiger partial charge in [0.05, 0.1) is 7.11 Å². The number of carbonyl (C=O) groups is 1. The maximum atomic E-state index is 11.6. The average Bonchev–Trinajstić information content (AvgIpc) is 2.95. The minimum atomic E-state index is -0.707. The molecule has 0 fully saturated rings. The lowest BCUT2D eigenvalue weighted by Gasteiger charge is -2.16. The van der Waals surface area contributed by atoms with Crippen molar-refractivity contribution in [2.45, 2.75) is 13.0 Å². The van der Waals surface area contributed by atoms with Gasteiger partial charge >= 0.3 is 0 Å². The molecule has 7 heteroatoms. The molecule has 1 aromatic heterocycles. The maximum Gasteiger partial charge on any atom is 0.284 e. The molecule has 1 unspecified atom stereocenters. The van der Waals surface area contributed by atoms with Crippen LogP contribution in [-0.2, 0) is 9.63 Å². The quantitative estimate of drug-likeness (QED) is 0.846. The van der Waals surface area contributed by atoms with Crippen LogP contribution in [0.25, 0.3) is 11.3 Å². The van der Waals surface area contributed by atoms with E-state index in [1.165, 1.54) is 13.4 Å². The van der Waals surface area contributed by atoms with Crippen molar-refractivity contribution in [3.63, 3.8) is 0 Å². The predicted octanol–water partition coefficient (Wildman–Crippen LogP) is 2.55. The van der Waals surface area contributed by atoms with Gasteiger partial charge in [-0.25, -0.2) is 5.48 Å². The monoisotopic (exact) mass is 340 g/mol. The van der Waals surface area contributed by atoms with Crippen LogP contribution in [0.2, 0.25) is 0 Å². The molecule has 2 rings (SSSR count). The van der Waals surface area contributed by atoms with Gasteiger partial charge in [-0.15, -0.1) is 0 Å². The van der Waals surface area contributed by atoms with E-state index in [0.29, 0.717) is 11.4 Å². The third kappa shape index (κ3) is 3.37. The number of hydroxylamine groups is 1. The fourth-order valence-corrected chi connectivity index (χ4v) is 1.95. The van der Waals surface area contributed by atoms with Crippen molar-refractivity contribution in [1.29, 1.82) is 0 Å². The molecule has 2 aromatic rings. The number of carbonyl (C=O) groups excluding carboxylic acids is 1. The summed E-state index contributed by atoms with van der Waals surface area (Å²) in [5, 5.41) is 3.88. The number of hydrogen-bond acceptors (Lipinski definition) is 5. The summed E-state index contributed by atoms with van der Waals surface area (Å²) in [6, 6.07) is 7.13. The van der Waals surface area contributed by atoms with Gasteiger partial charge in [-0.1, -0.05) is 21.1 Å². The minimum Gasteiger partial charge on any atom is -0.480 e. The molecule has 6 nitrogen and oxygen atoms in total. The molecule has 1 N–H and O–H groups in total. The largest absolute Gasteiger partial charge is 0.480 e. The van der Waals surface area contributed by atoms with Crippen molar-refractivity contribution in [2.24, 2.45) is 0 Å². The van der Waals surface area contributed by atoms with Crippen LogP contribution in [-0.4, -0.2) is 24.3 Å². The molecular weight excluding hydrogens is 328 g/mol. The van der Waals surface area contributed by atoms with E-state index in [1.807, 2.05) is 12.1 Å². The molecule has 106 valence electrons. The first kappa shape index (κ1) is 14.5. The fourth-order valence-electron chi connectivity index (χ4n) is 1.58. The number of nitrogens with zero attached hydrogens (tertiary/aromatic N) is 1. The molecule has 0 radical (unpaired) electrons. The first-order chi connectivity index (χ1) is 9.61. The maximum absolute atomic E-state index is 11.6. The van der Waals surface area contributed by atoms with Crippen LogP contribution in [0, 0.1) is 0 Å². The summed E-state index contributed by atoms with van der Waals surface area (Å²) in [6.45, 7) is 1.63. The van der Waals surface area contributed by atoms with E-state index >= 15 is 0 Å². The van der Waals surface area contributed by atoms with Gasteiger partial charge in [0.25, 0.3) is 5.91 Å². The highest BCUT2D eigenvalue weighted by molar-refractivity contribution is 9.10. The molecule has 20 heavy (non-hydrogen) atoms. The second kappa shape index (κ2) is 6.53. The Morgan fingerprint density at radius 3 is 2.90 bits per heavy atom. The van der Waals surface area contributed by atoms with Crippen molar-refractivity contribution in [3.8, 4) is 17.0 Å². The second-order valence-electron chi connectivity index (χ2n) is 3.96. The number of nitrogens with one attached hydrogen (secondary N) is 1. The Balaban J connectivity index is 2.26. The number of hydrogen-bond donors (Lipinski definition) is 1. The molecule has 1 amide bonds. The average molecular weight is 341 g/mol. The summed E-state index contributed by atoms with van der Waals surface area (Å²) in [7, 11) is 1.37. The molecule has 1 heterocycles. The first-order valence-corrected chi connectivity index (χ1v) is 6.61. The van der Waals surface area contributed by atoms with Gasteiger partial charge < -0.3 is 9.26 Å². The highest BCUT2D eigenvalue weighted by Gasteiger charge is 2.18. The summed E-state index contributed by atoms with van der Waals surface area (Å²) in [5.74, 6) is 0.155. The highest BCUT2D eigenvalue weighted by atomic mass is 79.9. The second-order valence-corrected chi connectivity index (χ2v) is 4.87. The lowest BCUT2D eigenvalue weighted by Crippen LogP contribution is -2.35.